The first-order valence-corrected chi connectivity index (χ1v) is 32.2. The Labute approximate surface area is 453 Å². The van der Waals surface area contributed by atoms with Crippen molar-refractivity contribution in [3.05, 3.63) is 0 Å². The molecular weight excluding hydrogens is 911 g/mol. The summed E-state index contributed by atoms with van der Waals surface area (Å²) in [5.74, 6) is -2.25. The summed E-state index contributed by atoms with van der Waals surface area (Å²) < 4.78 is 22.8. The molecule has 9 nitrogen and oxygen atoms in total. The number of unbranched alkanes of at least 4 members (excludes halogenated alkanes) is 46. The fraction of sp³-hybridized carbons (Fsp3) is 0.953. The van der Waals surface area contributed by atoms with Crippen LogP contribution in [0.5, 0.6) is 0 Å². The normalized spacial score (nSPS) is 12.6. The Balaban J connectivity index is 4.08. The standard InChI is InChI=1S/C64H125NO8/c1-6-8-10-12-14-16-18-20-22-24-26-27-28-29-30-31-32-33-34-35-37-39-41-43-45-47-49-51-53-55-62(67)73-60(59-72-64(63(68)69)70-57-56-65(3,4)5)58-71-61(66)54-52-50-48-46-44-42-40-38-36-25-23-21-19-17-15-13-11-9-7-2/h60,64H,6-59H2,1-5H3. The number of hydrogen-bond donors (Lipinski definition) is 0. The highest BCUT2D eigenvalue weighted by molar-refractivity contribution is 5.70. The lowest BCUT2D eigenvalue weighted by molar-refractivity contribution is -0.870. The van der Waals surface area contributed by atoms with Crippen molar-refractivity contribution < 1.29 is 42.9 Å². The number of carbonyl (C=O) groups excluding carboxylic acids is 3. The number of aliphatic carboxylic acids is 1. The molecule has 0 aromatic heterocycles. The maximum absolute atomic E-state index is 12.9. The van der Waals surface area contributed by atoms with Gasteiger partial charge in [0.15, 0.2) is 12.4 Å². The van der Waals surface area contributed by atoms with Crippen LogP contribution in [-0.4, -0.2) is 82.3 Å². The van der Waals surface area contributed by atoms with E-state index in [-0.39, 0.29) is 32.2 Å². The monoisotopic (exact) mass is 1040 g/mol. The Morgan fingerprint density at radius 3 is 0.877 bits per heavy atom. The maximum atomic E-state index is 12.9. The zero-order chi connectivity index (χ0) is 53.4. The van der Waals surface area contributed by atoms with E-state index < -0.39 is 24.3 Å². The van der Waals surface area contributed by atoms with Crippen LogP contribution in [0.15, 0.2) is 0 Å². The van der Waals surface area contributed by atoms with Crippen molar-refractivity contribution in [1.82, 2.24) is 0 Å². The van der Waals surface area contributed by atoms with Gasteiger partial charge in [0, 0.05) is 12.8 Å². The van der Waals surface area contributed by atoms with Crippen LogP contribution in [0, 0.1) is 0 Å². The number of ether oxygens (including phenoxy) is 4. The van der Waals surface area contributed by atoms with E-state index in [9.17, 15) is 19.5 Å². The third-order valence-corrected chi connectivity index (χ3v) is 14.9. The maximum Gasteiger partial charge on any atom is 0.306 e. The largest absolute Gasteiger partial charge is 0.545 e. The molecule has 0 fully saturated rings. The summed E-state index contributed by atoms with van der Waals surface area (Å²) in [4.78, 5) is 37.4. The lowest BCUT2D eigenvalue weighted by atomic mass is 10.0. The molecule has 9 heteroatoms. The van der Waals surface area contributed by atoms with Crippen molar-refractivity contribution in [1.29, 1.82) is 0 Å². The highest BCUT2D eigenvalue weighted by atomic mass is 16.7. The number of carbonyl (C=O) groups is 3. The van der Waals surface area contributed by atoms with E-state index in [0.29, 0.717) is 17.4 Å². The van der Waals surface area contributed by atoms with Crippen LogP contribution in [0.25, 0.3) is 0 Å². The Hall–Kier alpha value is -1.71. The predicted octanol–water partition coefficient (Wildman–Crippen LogP) is 17.8. The van der Waals surface area contributed by atoms with Crippen LogP contribution in [0.4, 0.5) is 0 Å². The summed E-state index contributed by atoms with van der Waals surface area (Å²) in [6.45, 7) is 4.83. The van der Waals surface area contributed by atoms with E-state index in [1.54, 1.807) is 0 Å². The number of carboxylic acid groups (broad SMARTS) is 1. The molecule has 2 atom stereocenters. The summed E-state index contributed by atoms with van der Waals surface area (Å²) >= 11 is 0. The van der Waals surface area contributed by atoms with Crippen molar-refractivity contribution in [3.63, 3.8) is 0 Å². The third kappa shape index (κ3) is 57.8. The van der Waals surface area contributed by atoms with Gasteiger partial charge < -0.3 is 33.3 Å². The number of esters is 2. The molecule has 434 valence electrons. The fourth-order valence-electron chi connectivity index (χ4n) is 9.89. The summed E-state index contributed by atoms with van der Waals surface area (Å²) in [7, 11) is 5.94. The van der Waals surface area contributed by atoms with Gasteiger partial charge in [-0.15, -0.1) is 0 Å². The number of carboxylic acids is 1. The van der Waals surface area contributed by atoms with Gasteiger partial charge in [-0.25, -0.2) is 0 Å². The average Bonchev–Trinajstić information content (AvgIpc) is 3.36. The zero-order valence-electron chi connectivity index (χ0n) is 49.6. The van der Waals surface area contributed by atoms with E-state index in [4.69, 9.17) is 18.9 Å². The van der Waals surface area contributed by atoms with Crippen LogP contribution in [-0.2, 0) is 33.3 Å². The van der Waals surface area contributed by atoms with Crippen LogP contribution in [0.3, 0.4) is 0 Å². The lowest BCUT2D eigenvalue weighted by Crippen LogP contribution is -2.44. The molecule has 0 spiro atoms. The first kappa shape index (κ1) is 71.3. The highest BCUT2D eigenvalue weighted by Crippen LogP contribution is 2.19. The predicted molar refractivity (Wildman–Crippen MR) is 307 cm³/mol. The third-order valence-electron chi connectivity index (χ3n) is 14.9. The second kappa shape index (κ2) is 56.5. The van der Waals surface area contributed by atoms with Crippen LogP contribution >= 0.6 is 0 Å². The SMILES string of the molecule is CCCCCCCCCCCCCCCCCCCCCCCCCCCCCCCC(=O)OC(COC(=O)CCCCCCCCCCCCCCCCCCCCC)COC(OCC[N+](C)(C)C)C(=O)[O-]. The van der Waals surface area contributed by atoms with E-state index in [1.165, 1.54) is 270 Å². The van der Waals surface area contributed by atoms with Crippen molar-refractivity contribution in [3.8, 4) is 0 Å². The molecule has 2 unspecified atom stereocenters. The number of nitrogens with zero attached hydrogens (tertiary/aromatic N) is 1. The van der Waals surface area contributed by atoms with Gasteiger partial charge in [-0.2, -0.15) is 0 Å². The Bertz CT molecular complexity index is 1160. The van der Waals surface area contributed by atoms with Crippen LogP contribution < -0.4 is 5.11 Å². The van der Waals surface area contributed by atoms with Crippen molar-refractivity contribution in [2.45, 2.75) is 347 Å². The van der Waals surface area contributed by atoms with Crippen molar-refractivity contribution in [2.24, 2.45) is 0 Å². The van der Waals surface area contributed by atoms with Crippen molar-refractivity contribution in [2.75, 3.05) is 47.5 Å². The van der Waals surface area contributed by atoms with E-state index in [1.807, 2.05) is 21.1 Å². The Kier molecular flexibility index (Phi) is 55.2. The van der Waals surface area contributed by atoms with Gasteiger partial charge in [-0.1, -0.05) is 309 Å². The minimum absolute atomic E-state index is 0.153. The molecule has 0 aliphatic carbocycles. The van der Waals surface area contributed by atoms with Gasteiger partial charge in [-0.3, -0.25) is 9.59 Å². The molecular formula is C64H125NO8. The fourth-order valence-corrected chi connectivity index (χ4v) is 9.89. The summed E-state index contributed by atoms with van der Waals surface area (Å²) in [5.41, 5.74) is 0. The van der Waals surface area contributed by atoms with Crippen molar-refractivity contribution >= 4 is 17.9 Å². The summed E-state index contributed by atoms with van der Waals surface area (Å²) in [6, 6.07) is 0. The number of likely N-dealkylation sites (N-methyl/N-ethyl adjacent to an activating group) is 1. The molecule has 0 aliphatic rings. The van der Waals surface area contributed by atoms with Gasteiger partial charge >= 0.3 is 11.9 Å². The van der Waals surface area contributed by atoms with Gasteiger partial charge in [0.05, 0.1) is 40.3 Å². The molecule has 0 bridgehead atoms. The lowest BCUT2D eigenvalue weighted by Gasteiger charge is -2.26. The first-order chi connectivity index (χ1) is 35.6. The Morgan fingerprint density at radius 1 is 0.356 bits per heavy atom. The summed E-state index contributed by atoms with van der Waals surface area (Å²) in [5, 5.41) is 11.8. The molecule has 0 saturated heterocycles. The average molecular weight is 1040 g/mol. The smallest absolute Gasteiger partial charge is 0.306 e. The molecule has 0 radical (unpaired) electrons. The molecule has 0 rings (SSSR count). The number of quaternary nitrogens is 1. The molecule has 0 heterocycles. The molecule has 0 N–H and O–H groups in total. The molecule has 0 aliphatic heterocycles. The molecule has 0 amide bonds. The van der Waals surface area contributed by atoms with Gasteiger partial charge in [0.2, 0.25) is 0 Å². The molecule has 0 aromatic carbocycles. The molecule has 73 heavy (non-hydrogen) atoms. The van der Waals surface area contributed by atoms with Crippen LogP contribution in [0.2, 0.25) is 0 Å². The zero-order valence-corrected chi connectivity index (χ0v) is 49.6. The van der Waals surface area contributed by atoms with Crippen LogP contribution in [0.1, 0.15) is 335 Å². The summed E-state index contributed by atoms with van der Waals surface area (Å²) in [6.07, 6.45) is 61.7. The quantitative estimate of drug-likeness (QED) is 0.0256. The minimum Gasteiger partial charge on any atom is -0.545 e. The van der Waals surface area contributed by atoms with Gasteiger partial charge in [0.25, 0.3) is 0 Å². The van der Waals surface area contributed by atoms with E-state index in [0.717, 1.165) is 38.5 Å². The van der Waals surface area contributed by atoms with E-state index in [2.05, 4.69) is 13.8 Å². The van der Waals surface area contributed by atoms with Gasteiger partial charge in [0.1, 0.15) is 13.2 Å². The molecule has 0 aromatic rings. The first-order valence-electron chi connectivity index (χ1n) is 32.2. The topological polar surface area (TPSA) is 111 Å². The number of rotatable bonds is 61. The second-order valence-corrected chi connectivity index (χ2v) is 23.4. The minimum atomic E-state index is -1.61. The Morgan fingerprint density at radius 2 is 0.616 bits per heavy atom. The van der Waals surface area contributed by atoms with Gasteiger partial charge in [-0.05, 0) is 12.8 Å². The number of hydrogen-bond acceptors (Lipinski definition) is 8. The second-order valence-electron chi connectivity index (χ2n) is 23.4. The van der Waals surface area contributed by atoms with E-state index >= 15 is 0 Å². The highest BCUT2D eigenvalue weighted by Gasteiger charge is 2.22. The molecule has 0 saturated carbocycles.